The molecule has 0 aromatic heterocycles. The van der Waals surface area contributed by atoms with E-state index in [0.29, 0.717) is 18.0 Å². The third-order valence-corrected chi connectivity index (χ3v) is 5.71. The van der Waals surface area contributed by atoms with Crippen LogP contribution in [0.4, 0.5) is 0 Å². The van der Waals surface area contributed by atoms with Crippen LogP contribution < -0.4 is 5.73 Å². The van der Waals surface area contributed by atoms with Crippen LogP contribution in [-0.4, -0.2) is 31.9 Å². The molecule has 1 heterocycles. The summed E-state index contributed by atoms with van der Waals surface area (Å²) in [4.78, 5) is 0.340. The Kier molecular flexibility index (Phi) is 3.58. The van der Waals surface area contributed by atoms with Crippen LogP contribution in [0, 0.1) is 6.92 Å². The molecule has 0 saturated carbocycles. The Morgan fingerprint density at radius 1 is 1.47 bits per heavy atom. The first-order valence-electron chi connectivity index (χ1n) is 5.43. The normalized spacial score (nSPS) is 21.9. The molecule has 1 fully saturated rings. The molecule has 1 aromatic rings. The van der Waals surface area contributed by atoms with Crippen LogP contribution in [0.3, 0.4) is 0 Å². The predicted molar refractivity (Wildman–Crippen MR) is 70.2 cm³/mol. The Bertz CT molecular complexity index is 530. The van der Waals surface area contributed by atoms with E-state index in [1.165, 1.54) is 4.31 Å². The molecule has 1 aliphatic rings. The molecule has 1 unspecified atom stereocenters. The minimum Gasteiger partial charge on any atom is -0.326 e. The second-order valence-corrected chi connectivity index (χ2v) is 7.12. The van der Waals surface area contributed by atoms with Crippen LogP contribution in [-0.2, 0) is 10.0 Å². The zero-order valence-electron chi connectivity index (χ0n) is 9.56. The first kappa shape index (κ1) is 13.0. The molecule has 17 heavy (non-hydrogen) atoms. The largest absolute Gasteiger partial charge is 0.326 e. The van der Waals surface area contributed by atoms with Crippen molar-refractivity contribution in [3.63, 3.8) is 0 Å². The standard InChI is InChI=1S/C11H15BrN2O2S/c1-8-6-10(2-3-11(8)12)17(15,16)14-5-4-9(13)7-14/h2-3,6,9H,4-5,7,13H2,1H3. The van der Waals surface area contributed by atoms with Gasteiger partial charge in [-0.05, 0) is 37.1 Å². The summed E-state index contributed by atoms with van der Waals surface area (Å²) in [7, 11) is -3.38. The highest BCUT2D eigenvalue weighted by molar-refractivity contribution is 9.10. The molecule has 0 spiro atoms. The minimum atomic E-state index is -3.38. The van der Waals surface area contributed by atoms with Crippen LogP contribution in [0.5, 0.6) is 0 Å². The summed E-state index contributed by atoms with van der Waals surface area (Å²) in [6, 6.07) is 5.03. The first-order chi connectivity index (χ1) is 7.91. The van der Waals surface area contributed by atoms with Crippen molar-refractivity contribution in [2.24, 2.45) is 5.73 Å². The lowest BCUT2D eigenvalue weighted by atomic mass is 10.2. The molecular weight excluding hydrogens is 304 g/mol. The van der Waals surface area contributed by atoms with Crippen LogP contribution in [0.1, 0.15) is 12.0 Å². The Morgan fingerprint density at radius 2 is 2.18 bits per heavy atom. The van der Waals surface area contributed by atoms with Gasteiger partial charge in [-0.1, -0.05) is 15.9 Å². The molecule has 2 N–H and O–H groups in total. The lowest BCUT2D eigenvalue weighted by Gasteiger charge is -2.16. The summed E-state index contributed by atoms with van der Waals surface area (Å²) in [6.45, 7) is 2.80. The van der Waals surface area contributed by atoms with E-state index in [4.69, 9.17) is 5.73 Å². The van der Waals surface area contributed by atoms with Gasteiger partial charge in [-0.25, -0.2) is 8.42 Å². The van der Waals surface area contributed by atoms with Crippen molar-refractivity contribution in [3.05, 3.63) is 28.2 Å². The van der Waals surface area contributed by atoms with E-state index in [0.717, 1.165) is 16.5 Å². The van der Waals surface area contributed by atoms with Gasteiger partial charge in [-0.15, -0.1) is 0 Å². The van der Waals surface area contributed by atoms with Crippen molar-refractivity contribution < 1.29 is 8.42 Å². The molecule has 0 amide bonds. The molecule has 2 rings (SSSR count). The summed E-state index contributed by atoms with van der Waals surface area (Å²) in [5, 5.41) is 0. The highest BCUT2D eigenvalue weighted by Gasteiger charge is 2.30. The highest BCUT2D eigenvalue weighted by atomic mass is 79.9. The molecule has 1 saturated heterocycles. The average molecular weight is 319 g/mol. The lowest BCUT2D eigenvalue weighted by molar-refractivity contribution is 0.472. The fourth-order valence-electron chi connectivity index (χ4n) is 1.90. The molecule has 0 aliphatic carbocycles. The predicted octanol–water partition coefficient (Wildman–Crippen LogP) is 1.48. The van der Waals surface area contributed by atoms with Crippen LogP contribution >= 0.6 is 15.9 Å². The van der Waals surface area contributed by atoms with Crippen LogP contribution in [0.15, 0.2) is 27.6 Å². The number of sulfonamides is 1. The number of hydrogen-bond donors (Lipinski definition) is 1. The van der Waals surface area contributed by atoms with Gasteiger partial charge in [0.25, 0.3) is 0 Å². The van der Waals surface area contributed by atoms with E-state index >= 15 is 0 Å². The fraction of sp³-hybridized carbons (Fsp3) is 0.455. The van der Waals surface area contributed by atoms with Gasteiger partial charge in [-0.2, -0.15) is 4.31 Å². The summed E-state index contributed by atoms with van der Waals surface area (Å²) < 4.78 is 27.0. The fourth-order valence-corrected chi connectivity index (χ4v) is 3.74. The monoisotopic (exact) mass is 318 g/mol. The molecule has 94 valence electrons. The average Bonchev–Trinajstić information content (AvgIpc) is 2.69. The van der Waals surface area contributed by atoms with Gasteiger partial charge in [0.05, 0.1) is 4.90 Å². The third kappa shape index (κ3) is 2.54. The quantitative estimate of drug-likeness (QED) is 0.898. The molecule has 6 heteroatoms. The minimum absolute atomic E-state index is 0.0404. The Balaban J connectivity index is 2.35. The maximum atomic E-state index is 12.3. The molecule has 0 bridgehead atoms. The van der Waals surface area contributed by atoms with Crippen molar-refractivity contribution in [1.29, 1.82) is 0 Å². The van der Waals surface area contributed by atoms with Crippen molar-refractivity contribution >= 4 is 26.0 Å². The molecule has 1 atom stereocenters. The first-order valence-corrected chi connectivity index (χ1v) is 7.66. The van der Waals surface area contributed by atoms with E-state index in [1.807, 2.05) is 6.92 Å². The summed E-state index contributed by atoms with van der Waals surface area (Å²) >= 11 is 3.36. The van der Waals surface area contributed by atoms with Crippen molar-refractivity contribution in [2.75, 3.05) is 13.1 Å². The summed E-state index contributed by atoms with van der Waals surface area (Å²) in [5.41, 5.74) is 6.65. The maximum absolute atomic E-state index is 12.3. The molecular formula is C11H15BrN2O2S. The van der Waals surface area contributed by atoms with Gasteiger partial charge in [0.2, 0.25) is 10.0 Å². The summed E-state index contributed by atoms with van der Waals surface area (Å²) in [6.07, 6.45) is 0.731. The number of nitrogens with zero attached hydrogens (tertiary/aromatic N) is 1. The van der Waals surface area contributed by atoms with E-state index in [2.05, 4.69) is 15.9 Å². The van der Waals surface area contributed by atoms with Gasteiger partial charge in [-0.3, -0.25) is 0 Å². The van der Waals surface area contributed by atoms with E-state index in [-0.39, 0.29) is 6.04 Å². The molecule has 1 aromatic carbocycles. The summed E-state index contributed by atoms with van der Waals surface area (Å²) in [5.74, 6) is 0. The van der Waals surface area contributed by atoms with E-state index in [1.54, 1.807) is 18.2 Å². The van der Waals surface area contributed by atoms with Gasteiger partial charge in [0.15, 0.2) is 0 Å². The third-order valence-electron chi connectivity index (χ3n) is 2.95. The SMILES string of the molecule is Cc1cc(S(=O)(=O)N2CCC(N)C2)ccc1Br. The van der Waals surface area contributed by atoms with E-state index < -0.39 is 10.0 Å². The zero-order chi connectivity index (χ0) is 12.6. The Hall–Kier alpha value is -0.430. The zero-order valence-corrected chi connectivity index (χ0v) is 12.0. The van der Waals surface area contributed by atoms with Gasteiger partial charge < -0.3 is 5.73 Å². The van der Waals surface area contributed by atoms with Crippen molar-refractivity contribution in [2.45, 2.75) is 24.3 Å². The van der Waals surface area contributed by atoms with Crippen molar-refractivity contribution in [1.82, 2.24) is 4.31 Å². The van der Waals surface area contributed by atoms with Gasteiger partial charge >= 0.3 is 0 Å². The number of hydrogen-bond acceptors (Lipinski definition) is 3. The second-order valence-electron chi connectivity index (χ2n) is 4.32. The lowest BCUT2D eigenvalue weighted by Crippen LogP contribution is -2.32. The number of benzene rings is 1. The molecule has 4 nitrogen and oxygen atoms in total. The van der Waals surface area contributed by atoms with Crippen LogP contribution in [0.2, 0.25) is 0 Å². The topological polar surface area (TPSA) is 63.4 Å². The Morgan fingerprint density at radius 3 is 2.71 bits per heavy atom. The number of rotatable bonds is 2. The molecule has 1 aliphatic heterocycles. The van der Waals surface area contributed by atoms with Crippen molar-refractivity contribution in [3.8, 4) is 0 Å². The second kappa shape index (κ2) is 4.68. The van der Waals surface area contributed by atoms with E-state index in [9.17, 15) is 8.42 Å². The Labute approximate surface area is 110 Å². The smallest absolute Gasteiger partial charge is 0.243 e. The maximum Gasteiger partial charge on any atom is 0.243 e. The van der Waals surface area contributed by atoms with Gasteiger partial charge in [0.1, 0.15) is 0 Å². The molecule has 0 radical (unpaired) electrons. The van der Waals surface area contributed by atoms with Crippen LogP contribution in [0.25, 0.3) is 0 Å². The number of aryl methyl sites for hydroxylation is 1. The van der Waals surface area contributed by atoms with Gasteiger partial charge in [0, 0.05) is 23.6 Å². The highest BCUT2D eigenvalue weighted by Crippen LogP contribution is 2.24. The number of nitrogens with two attached hydrogens (primary N) is 1. The number of halogens is 1.